The van der Waals surface area contributed by atoms with Gasteiger partial charge in [-0.25, -0.2) is 0 Å². The van der Waals surface area contributed by atoms with Crippen molar-refractivity contribution in [2.24, 2.45) is 11.7 Å². The number of hydrogen-bond acceptors (Lipinski definition) is 2. The number of rotatable bonds is 3. The van der Waals surface area contributed by atoms with Gasteiger partial charge in [0.1, 0.15) is 0 Å². The minimum absolute atomic E-state index is 0. The van der Waals surface area contributed by atoms with E-state index in [1.807, 2.05) is 25.1 Å². The van der Waals surface area contributed by atoms with E-state index in [1.54, 1.807) is 0 Å². The summed E-state index contributed by atoms with van der Waals surface area (Å²) >= 11 is 6.14. The molecule has 3 N–H and O–H groups in total. The van der Waals surface area contributed by atoms with E-state index in [-0.39, 0.29) is 18.4 Å². The highest BCUT2D eigenvalue weighted by molar-refractivity contribution is 6.31. The predicted molar refractivity (Wildman–Crippen MR) is 73.7 cm³/mol. The van der Waals surface area contributed by atoms with E-state index in [0.29, 0.717) is 10.9 Å². The van der Waals surface area contributed by atoms with Crippen LogP contribution in [0.1, 0.15) is 36.4 Å². The molecule has 1 aromatic carbocycles. The Morgan fingerprint density at radius 1 is 1.41 bits per heavy atom. The molecule has 0 unspecified atom stereocenters. The summed E-state index contributed by atoms with van der Waals surface area (Å²) < 4.78 is 0. The lowest BCUT2D eigenvalue weighted by Gasteiger charge is -2.34. The molecule has 0 aromatic heterocycles. The van der Waals surface area contributed by atoms with Crippen molar-refractivity contribution < 1.29 is 5.11 Å². The Kier molecular flexibility index (Phi) is 5.26. The van der Waals surface area contributed by atoms with Gasteiger partial charge in [-0.3, -0.25) is 0 Å². The minimum Gasteiger partial charge on any atom is -0.391 e. The first-order chi connectivity index (χ1) is 7.61. The Hall–Kier alpha value is -0.280. The molecular weight excluding hydrogens is 257 g/mol. The zero-order chi connectivity index (χ0) is 11.7. The Labute approximate surface area is 114 Å². The highest BCUT2D eigenvalue weighted by Crippen LogP contribution is 2.36. The summed E-state index contributed by atoms with van der Waals surface area (Å²) in [4.78, 5) is 0. The van der Waals surface area contributed by atoms with E-state index in [1.165, 1.54) is 6.42 Å². The van der Waals surface area contributed by atoms with E-state index in [4.69, 9.17) is 17.3 Å². The van der Waals surface area contributed by atoms with E-state index < -0.39 is 6.10 Å². The Bertz CT molecular complexity index is 359. The maximum atomic E-state index is 10.2. The molecule has 1 fully saturated rings. The van der Waals surface area contributed by atoms with Gasteiger partial charge in [-0.1, -0.05) is 30.2 Å². The molecule has 2 atom stereocenters. The van der Waals surface area contributed by atoms with E-state index >= 15 is 0 Å². The molecule has 0 amide bonds. The van der Waals surface area contributed by atoms with Crippen LogP contribution in [-0.4, -0.2) is 11.2 Å². The van der Waals surface area contributed by atoms with Crippen molar-refractivity contribution in [3.8, 4) is 0 Å². The standard InChI is InChI=1S/C13H18ClNO.ClH/c1-8-4-2-7-10(14)11(8)12(15)13(16)9-5-3-6-9;/h2,4,7,9,12-13,16H,3,5-6,15H2,1H3;1H/t12-,13+;/m1./s1. The molecule has 1 aliphatic carbocycles. The van der Waals surface area contributed by atoms with Crippen molar-refractivity contribution in [3.05, 3.63) is 34.3 Å². The molecule has 0 bridgehead atoms. The van der Waals surface area contributed by atoms with Crippen LogP contribution < -0.4 is 5.73 Å². The lowest BCUT2D eigenvalue weighted by atomic mass is 9.77. The van der Waals surface area contributed by atoms with Crippen LogP contribution in [-0.2, 0) is 0 Å². The minimum atomic E-state index is -0.465. The third-order valence-corrected chi connectivity index (χ3v) is 3.93. The third-order valence-electron chi connectivity index (χ3n) is 3.61. The van der Waals surface area contributed by atoms with Crippen LogP contribution in [0.4, 0.5) is 0 Å². The molecule has 1 saturated carbocycles. The number of benzene rings is 1. The highest BCUT2D eigenvalue weighted by atomic mass is 35.5. The average Bonchev–Trinajstić information content (AvgIpc) is 2.14. The summed E-state index contributed by atoms with van der Waals surface area (Å²) in [5, 5.41) is 10.8. The van der Waals surface area contributed by atoms with Gasteiger partial charge in [0, 0.05) is 5.02 Å². The first kappa shape index (κ1) is 14.8. The topological polar surface area (TPSA) is 46.2 Å². The number of hydrogen-bond donors (Lipinski definition) is 2. The fourth-order valence-electron chi connectivity index (χ4n) is 2.31. The molecule has 17 heavy (non-hydrogen) atoms. The molecular formula is C13H19Cl2NO. The summed E-state index contributed by atoms with van der Waals surface area (Å²) in [6, 6.07) is 5.36. The van der Waals surface area contributed by atoms with E-state index in [2.05, 4.69) is 0 Å². The molecule has 2 nitrogen and oxygen atoms in total. The quantitative estimate of drug-likeness (QED) is 0.890. The maximum absolute atomic E-state index is 10.2. The van der Waals surface area contributed by atoms with Gasteiger partial charge in [0.05, 0.1) is 12.1 Å². The largest absolute Gasteiger partial charge is 0.391 e. The van der Waals surface area contributed by atoms with Gasteiger partial charge < -0.3 is 10.8 Å². The van der Waals surface area contributed by atoms with Crippen molar-refractivity contribution in [1.82, 2.24) is 0 Å². The molecule has 0 aliphatic heterocycles. The van der Waals surface area contributed by atoms with Crippen LogP contribution in [0.3, 0.4) is 0 Å². The first-order valence-electron chi connectivity index (χ1n) is 5.80. The lowest BCUT2D eigenvalue weighted by Crippen LogP contribution is -2.36. The van der Waals surface area contributed by atoms with Gasteiger partial charge in [0.15, 0.2) is 0 Å². The van der Waals surface area contributed by atoms with Gasteiger partial charge in [-0.05, 0) is 42.9 Å². The van der Waals surface area contributed by atoms with Gasteiger partial charge >= 0.3 is 0 Å². The predicted octanol–water partition coefficient (Wildman–Crippen LogP) is 3.23. The molecule has 0 heterocycles. The molecule has 2 rings (SSSR count). The van der Waals surface area contributed by atoms with Crippen LogP contribution in [0.5, 0.6) is 0 Å². The SMILES string of the molecule is Cc1cccc(Cl)c1[C@@H](N)[C@@H](O)C1CCC1.Cl. The summed E-state index contributed by atoms with van der Waals surface area (Å²) in [5.74, 6) is 0.352. The van der Waals surface area contributed by atoms with Crippen LogP contribution in [0.15, 0.2) is 18.2 Å². The second-order valence-corrected chi connectivity index (χ2v) is 5.08. The molecule has 1 aromatic rings. The zero-order valence-corrected chi connectivity index (χ0v) is 11.5. The molecule has 4 heteroatoms. The maximum Gasteiger partial charge on any atom is 0.0761 e. The number of aryl methyl sites for hydroxylation is 1. The Morgan fingerprint density at radius 3 is 2.53 bits per heavy atom. The fraction of sp³-hybridized carbons (Fsp3) is 0.538. The zero-order valence-electron chi connectivity index (χ0n) is 9.90. The third kappa shape index (κ3) is 2.94. The fourth-order valence-corrected chi connectivity index (χ4v) is 2.66. The number of aliphatic hydroxyl groups is 1. The molecule has 1 aliphatic rings. The van der Waals surface area contributed by atoms with Crippen LogP contribution in [0.25, 0.3) is 0 Å². The summed E-state index contributed by atoms with van der Waals surface area (Å²) in [6.45, 7) is 1.98. The van der Waals surface area contributed by atoms with Crippen molar-refractivity contribution in [3.63, 3.8) is 0 Å². The van der Waals surface area contributed by atoms with Gasteiger partial charge in [0.2, 0.25) is 0 Å². The highest BCUT2D eigenvalue weighted by Gasteiger charge is 2.32. The summed E-state index contributed by atoms with van der Waals surface area (Å²) in [6.07, 6.45) is 2.90. The van der Waals surface area contributed by atoms with Gasteiger partial charge in [0.25, 0.3) is 0 Å². The van der Waals surface area contributed by atoms with Crippen LogP contribution >= 0.6 is 24.0 Å². The van der Waals surface area contributed by atoms with Gasteiger partial charge in [-0.15, -0.1) is 12.4 Å². The summed E-state index contributed by atoms with van der Waals surface area (Å²) in [5.41, 5.74) is 8.06. The second kappa shape index (κ2) is 6.05. The molecule has 0 radical (unpaired) electrons. The van der Waals surface area contributed by atoms with Crippen molar-refractivity contribution in [2.45, 2.75) is 38.3 Å². The first-order valence-corrected chi connectivity index (χ1v) is 6.17. The van der Waals surface area contributed by atoms with E-state index in [0.717, 1.165) is 24.0 Å². The molecule has 0 saturated heterocycles. The Morgan fingerprint density at radius 2 is 2.06 bits per heavy atom. The average molecular weight is 276 g/mol. The lowest BCUT2D eigenvalue weighted by molar-refractivity contribution is 0.0412. The number of nitrogens with two attached hydrogens (primary N) is 1. The number of halogens is 2. The second-order valence-electron chi connectivity index (χ2n) is 4.68. The van der Waals surface area contributed by atoms with Crippen molar-refractivity contribution in [1.29, 1.82) is 0 Å². The molecule has 0 spiro atoms. The van der Waals surface area contributed by atoms with Crippen molar-refractivity contribution in [2.75, 3.05) is 0 Å². The number of aliphatic hydroxyl groups excluding tert-OH is 1. The van der Waals surface area contributed by atoms with Crippen LogP contribution in [0.2, 0.25) is 5.02 Å². The smallest absolute Gasteiger partial charge is 0.0761 e. The monoisotopic (exact) mass is 275 g/mol. The normalized spacial score (nSPS) is 19.1. The van der Waals surface area contributed by atoms with E-state index in [9.17, 15) is 5.11 Å². The van der Waals surface area contributed by atoms with Gasteiger partial charge in [-0.2, -0.15) is 0 Å². The van der Waals surface area contributed by atoms with Crippen molar-refractivity contribution >= 4 is 24.0 Å². The molecule has 96 valence electrons. The van der Waals surface area contributed by atoms with Crippen LogP contribution in [0, 0.1) is 12.8 Å². The Balaban J connectivity index is 0.00000144. The summed E-state index contributed by atoms with van der Waals surface area (Å²) in [7, 11) is 0.